The number of rotatable bonds is 3. The number of pyridine rings is 1. The van der Waals surface area contributed by atoms with E-state index in [9.17, 15) is 4.79 Å². The Balaban J connectivity index is 1.47. The quantitative estimate of drug-likeness (QED) is 0.319. The normalized spacial score (nSPS) is 15.7. The summed E-state index contributed by atoms with van der Waals surface area (Å²) in [5.74, 6) is 1.25. The molecule has 2 aromatic heterocycles. The molecule has 7 rings (SSSR count). The number of esters is 1. The fraction of sp³-hybridized carbons (Fsp3) is 0.161. The topological polar surface area (TPSA) is 65.4 Å². The molecule has 3 aromatic carbocycles. The molecule has 6 heteroatoms. The van der Waals surface area contributed by atoms with Crippen molar-refractivity contribution in [2.24, 2.45) is 5.92 Å². The van der Waals surface area contributed by atoms with Gasteiger partial charge in [0.05, 0.1) is 22.8 Å². The number of fused-ring (bicyclic) bond motifs is 5. The molecule has 2 aliphatic heterocycles. The Morgan fingerprint density at radius 1 is 0.946 bits per heavy atom. The van der Waals surface area contributed by atoms with Gasteiger partial charge in [-0.1, -0.05) is 42.5 Å². The average Bonchev–Trinajstić information content (AvgIpc) is 3.40. The third kappa shape index (κ3) is 3.77. The molecule has 1 saturated heterocycles. The van der Waals surface area contributed by atoms with E-state index < -0.39 is 0 Å². The Morgan fingerprint density at radius 2 is 1.78 bits per heavy atom. The molecule has 0 amide bonds. The molecule has 0 atom stereocenters. The number of piperidine rings is 1. The van der Waals surface area contributed by atoms with Gasteiger partial charge in [-0.3, -0.25) is 9.78 Å². The van der Waals surface area contributed by atoms with Gasteiger partial charge in [0.2, 0.25) is 0 Å². The maximum atomic E-state index is 13.5. The average molecular weight is 488 g/mol. The lowest BCUT2D eigenvalue weighted by Crippen LogP contribution is -2.32. The second-order valence-corrected chi connectivity index (χ2v) is 9.51. The molecule has 0 aliphatic carbocycles. The summed E-state index contributed by atoms with van der Waals surface area (Å²) in [5.41, 5.74) is 3.33. The Kier molecular flexibility index (Phi) is 5.26. The van der Waals surface area contributed by atoms with Crippen molar-refractivity contribution in [3.05, 3.63) is 103 Å². The third-order valence-corrected chi connectivity index (χ3v) is 7.25. The number of hydrogen-bond acceptors (Lipinski definition) is 5. The van der Waals surface area contributed by atoms with E-state index in [0.717, 1.165) is 64.6 Å². The van der Waals surface area contributed by atoms with Crippen LogP contribution in [0.3, 0.4) is 0 Å². The lowest BCUT2D eigenvalue weighted by molar-refractivity contribution is -0.142. The first-order valence-corrected chi connectivity index (χ1v) is 12.7. The summed E-state index contributed by atoms with van der Waals surface area (Å²) in [6.45, 7) is 1.62. The molecule has 2 aliphatic rings. The number of nitrogens with one attached hydrogen (secondary N) is 1. The van der Waals surface area contributed by atoms with Gasteiger partial charge in [-0.15, -0.1) is 0 Å². The Hall–Kier alpha value is -4.42. The summed E-state index contributed by atoms with van der Waals surface area (Å²) in [4.78, 5) is 18.0. The zero-order valence-electron chi connectivity index (χ0n) is 20.2. The van der Waals surface area contributed by atoms with Gasteiger partial charge in [0.15, 0.2) is 17.3 Å². The van der Waals surface area contributed by atoms with Crippen LogP contribution in [0.1, 0.15) is 24.1 Å². The summed E-state index contributed by atoms with van der Waals surface area (Å²) < 4.78 is 15.1. The summed E-state index contributed by atoms with van der Waals surface area (Å²) in [6, 6.07) is 26.2. The van der Waals surface area contributed by atoms with E-state index >= 15 is 0 Å². The third-order valence-electron chi connectivity index (χ3n) is 7.25. The monoisotopic (exact) mass is 487 g/mol. The van der Waals surface area contributed by atoms with Crippen LogP contribution < -0.4 is 10.1 Å². The van der Waals surface area contributed by atoms with Crippen molar-refractivity contribution in [2.75, 3.05) is 13.1 Å². The number of hydrogen-bond donors (Lipinski definition) is 1. The summed E-state index contributed by atoms with van der Waals surface area (Å²) in [7, 11) is 0. The smallest absolute Gasteiger partial charge is 0.314 e. The van der Waals surface area contributed by atoms with Crippen molar-refractivity contribution in [2.45, 2.75) is 12.8 Å². The fourth-order valence-electron chi connectivity index (χ4n) is 5.34. The maximum absolute atomic E-state index is 13.5. The van der Waals surface area contributed by atoms with E-state index in [1.54, 1.807) is 6.20 Å². The summed E-state index contributed by atoms with van der Waals surface area (Å²) >= 11 is 0. The highest BCUT2D eigenvalue weighted by Crippen LogP contribution is 2.42. The first kappa shape index (κ1) is 21.8. The van der Waals surface area contributed by atoms with E-state index in [2.05, 4.69) is 34.6 Å². The molecular weight excluding hydrogens is 462 g/mol. The van der Waals surface area contributed by atoms with Crippen LogP contribution >= 0.6 is 0 Å². The molecule has 0 saturated carbocycles. The van der Waals surface area contributed by atoms with Crippen molar-refractivity contribution < 1.29 is 14.3 Å². The maximum Gasteiger partial charge on any atom is 0.314 e. The highest BCUT2D eigenvalue weighted by atomic mass is 16.6. The Bertz CT molecular complexity index is 1690. The minimum Gasteiger partial charge on any atom is -0.450 e. The van der Waals surface area contributed by atoms with E-state index in [0.29, 0.717) is 17.3 Å². The highest BCUT2D eigenvalue weighted by molar-refractivity contribution is 6.00. The molecule has 1 N–H and O–H groups in total. The second-order valence-electron chi connectivity index (χ2n) is 9.51. The predicted octanol–water partition coefficient (Wildman–Crippen LogP) is 5.94. The van der Waals surface area contributed by atoms with Gasteiger partial charge in [-0.05, 0) is 73.1 Å². The molecular formula is C31H25N3O3. The second kappa shape index (κ2) is 8.91. The SMILES string of the molecule is O=C(OC1=C(c2cccc3ncccc23)Oc2cc3ccccc3cc2-n2cccc21)C1CCNCC1. The number of carbonyl (C=O) groups excluding carboxylic acids is 1. The van der Waals surface area contributed by atoms with Gasteiger partial charge in [-0.2, -0.15) is 0 Å². The molecule has 4 heterocycles. The largest absolute Gasteiger partial charge is 0.450 e. The molecule has 5 aromatic rings. The van der Waals surface area contributed by atoms with Crippen LogP contribution in [0, 0.1) is 5.92 Å². The minimum atomic E-state index is -0.222. The number of benzene rings is 3. The molecule has 0 bridgehead atoms. The van der Waals surface area contributed by atoms with Gasteiger partial charge >= 0.3 is 5.97 Å². The lowest BCUT2D eigenvalue weighted by atomic mass is 9.98. The minimum absolute atomic E-state index is 0.152. The van der Waals surface area contributed by atoms with E-state index in [1.807, 2.05) is 65.4 Å². The first-order valence-electron chi connectivity index (χ1n) is 12.7. The first-order chi connectivity index (χ1) is 18.3. The van der Waals surface area contributed by atoms with Crippen LogP contribution in [0.4, 0.5) is 0 Å². The number of nitrogens with zero attached hydrogens (tertiary/aromatic N) is 2. The number of ether oxygens (including phenoxy) is 2. The predicted molar refractivity (Wildman–Crippen MR) is 144 cm³/mol. The molecule has 37 heavy (non-hydrogen) atoms. The van der Waals surface area contributed by atoms with Gasteiger partial charge < -0.3 is 19.4 Å². The summed E-state index contributed by atoms with van der Waals surface area (Å²) in [6.07, 6.45) is 5.28. The van der Waals surface area contributed by atoms with Crippen LogP contribution in [0.15, 0.2) is 91.3 Å². The highest BCUT2D eigenvalue weighted by Gasteiger charge is 2.31. The molecule has 0 spiro atoms. The van der Waals surface area contributed by atoms with Gasteiger partial charge in [0.25, 0.3) is 0 Å². The van der Waals surface area contributed by atoms with Crippen LogP contribution in [-0.4, -0.2) is 28.6 Å². The standard InChI is InChI=1S/C31H25N3O3/c35-31(20-12-15-32-16-13-20)37-30-26-11-5-17-34(26)27-18-21-6-1-2-7-22(21)19-28(27)36-29(30)24-8-3-10-25-23(24)9-4-14-33-25/h1-11,14,17-20,32H,12-13,15-16H2. The number of carbonyl (C=O) groups is 1. The van der Waals surface area contributed by atoms with E-state index in [4.69, 9.17) is 9.47 Å². The fourth-order valence-corrected chi connectivity index (χ4v) is 5.34. The van der Waals surface area contributed by atoms with Crippen LogP contribution in [0.2, 0.25) is 0 Å². The van der Waals surface area contributed by atoms with Crippen molar-refractivity contribution >= 4 is 39.2 Å². The van der Waals surface area contributed by atoms with Gasteiger partial charge in [0, 0.05) is 23.3 Å². The lowest BCUT2D eigenvalue weighted by Gasteiger charge is -2.22. The molecule has 0 radical (unpaired) electrons. The van der Waals surface area contributed by atoms with Gasteiger partial charge in [-0.25, -0.2) is 0 Å². The Morgan fingerprint density at radius 3 is 2.65 bits per heavy atom. The van der Waals surface area contributed by atoms with Crippen molar-refractivity contribution in [1.82, 2.24) is 14.9 Å². The van der Waals surface area contributed by atoms with Crippen LogP contribution in [-0.2, 0) is 9.53 Å². The van der Waals surface area contributed by atoms with Crippen molar-refractivity contribution in [3.8, 4) is 11.4 Å². The van der Waals surface area contributed by atoms with Crippen molar-refractivity contribution in [1.29, 1.82) is 0 Å². The van der Waals surface area contributed by atoms with Crippen LogP contribution in [0.5, 0.6) is 5.75 Å². The molecule has 1 fully saturated rings. The molecule has 182 valence electrons. The summed E-state index contributed by atoms with van der Waals surface area (Å²) in [5, 5.41) is 6.43. The zero-order valence-corrected chi connectivity index (χ0v) is 20.2. The molecule has 6 nitrogen and oxygen atoms in total. The Labute approximate surface area is 214 Å². The number of aromatic nitrogens is 2. The van der Waals surface area contributed by atoms with Crippen LogP contribution in [0.25, 0.3) is 38.9 Å². The van der Waals surface area contributed by atoms with Gasteiger partial charge in [0.1, 0.15) is 0 Å². The molecule has 0 unspecified atom stereocenters. The van der Waals surface area contributed by atoms with Crippen molar-refractivity contribution in [3.63, 3.8) is 0 Å². The van der Waals surface area contributed by atoms with E-state index in [1.165, 1.54) is 0 Å². The van der Waals surface area contributed by atoms with E-state index in [-0.39, 0.29) is 11.9 Å². The zero-order chi connectivity index (χ0) is 24.8.